The number of ether oxygens (including phenoxy) is 3. The quantitative estimate of drug-likeness (QED) is 0.565. The van der Waals surface area contributed by atoms with Crippen LogP contribution >= 0.6 is 0 Å². The molecule has 0 N–H and O–H groups in total. The second-order valence-electron chi connectivity index (χ2n) is 8.95. The molecule has 33 heavy (non-hydrogen) atoms. The second kappa shape index (κ2) is 8.90. The van der Waals surface area contributed by atoms with Crippen molar-refractivity contribution < 1.29 is 19.0 Å². The van der Waals surface area contributed by atoms with Gasteiger partial charge in [-0.2, -0.15) is 0 Å². The van der Waals surface area contributed by atoms with Gasteiger partial charge in [0.15, 0.2) is 11.5 Å². The van der Waals surface area contributed by atoms with Crippen molar-refractivity contribution in [3.63, 3.8) is 0 Å². The highest BCUT2D eigenvalue weighted by Gasteiger charge is 2.25. The number of anilines is 1. The van der Waals surface area contributed by atoms with Crippen molar-refractivity contribution in [3.05, 3.63) is 59.2 Å². The molecule has 1 amide bonds. The fourth-order valence-electron chi connectivity index (χ4n) is 4.44. The van der Waals surface area contributed by atoms with Crippen LogP contribution in [0.15, 0.2) is 42.5 Å². The fourth-order valence-corrected chi connectivity index (χ4v) is 4.44. The molecule has 1 unspecified atom stereocenters. The Kier molecular flexibility index (Phi) is 5.81. The standard InChI is InChI=1S/C26H29N3O4/c1-17-6-8-18(9-7-17)26(30)29(15-21-5-4-10-31-21)14-20-11-19-12-23-24(33-16-32-23)13-22(19)27-25(20)28(2)3/h6-9,11-13,21H,4-5,10,14-16H2,1-3H3. The molecule has 2 aliphatic rings. The Morgan fingerprint density at radius 1 is 1.09 bits per heavy atom. The van der Waals surface area contributed by atoms with Gasteiger partial charge in [-0.1, -0.05) is 17.7 Å². The minimum atomic E-state index is 0.000916. The summed E-state index contributed by atoms with van der Waals surface area (Å²) in [7, 11) is 3.94. The molecule has 1 fully saturated rings. The number of hydrogen-bond donors (Lipinski definition) is 0. The summed E-state index contributed by atoms with van der Waals surface area (Å²) in [6, 6.07) is 13.7. The molecule has 0 saturated carbocycles. The Hall–Kier alpha value is -3.32. The number of carbonyl (C=O) groups excluding carboxylic acids is 1. The van der Waals surface area contributed by atoms with Crippen molar-refractivity contribution in [2.24, 2.45) is 0 Å². The molecule has 7 nitrogen and oxygen atoms in total. The zero-order valence-electron chi connectivity index (χ0n) is 19.3. The van der Waals surface area contributed by atoms with Crippen LogP contribution in [-0.2, 0) is 11.3 Å². The number of nitrogens with zero attached hydrogens (tertiary/aromatic N) is 3. The number of fused-ring (bicyclic) bond motifs is 2. The Balaban J connectivity index is 1.52. The van der Waals surface area contributed by atoms with Gasteiger partial charge in [0.05, 0.1) is 11.6 Å². The van der Waals surface area contributed by atoms with E-state index in [0.717, 1.165) is 53.0 Å². The van der Waals surface area contributed by atoms with E-state index in [2.05, 4.69) is 6.07 Å². The molecule has 0 bridgehead atoms. The van der Waals surface area contributed by atoms with Crippen LogP contribution in [0.25, 0.3) is 10.9 Å². The lowest BCUT2D eigenvalue weighted by molar-refractivity contribution is 0.0507. The number of benzene rings is 2. The average molecular weight is 448 g/mol. The normalized spacial score (nSPS) is 16.9. The molecule has 172 valence electrons. The first-order valence-electron chi connectivity index (χ1n) is 11.4. The number of aromatic nitrogens is 1. The van der Waals surface area contributed by atoms with Crippen LogP contribution in [0.1, 0.15) is 34.3 Å². The van der Waals surface area contributed by atoms with E-state index >= 15 is 0 Å². The Labute approximate surface area is 193 Å². The number of hydrogen-bond acceptors (Lipinski definition) is 6. The Bertz CT molecular complexity index is 1170. The largest absolute Gasteiger partial charge is 0.454 e. The van der Waals surface area contributed by atoms with Crippen LogP contribution in [0.3, 0.4) is 0 Å². The number of pyridine rings is 1. The third-order valence-corrected chi connectivity index (χ3v) is 6.18. The zero-order valence-corrected chi connectivity index (χ0v) is 19.3. The summed E-state index contributed by atoms with van der Waals surface area (Å²) < 4.78 is 17.0. The highest BCUT2D eigenvalue weighted by atomic mass is 16.7. The topological polar surface area (TPSA) is 64.1 Å². The minimum Gasteiger partial charge on any atom is -0.454 e. The molecule has 0 radical (unpaired) electrons. The van der Waals surface area contributed by atoms with E-state index in [-0.39, 0.29) is 18.8 Å². The van der Waals surface area contributed by atoms with Crippen molar-refractivity contribution >= 4 is 22.6 Å². The van der Waals surface area contributed by atoms with Crippen molar-refractivity contribution in [3.8, 4) is 11.5 Å². The molecule has 0 aliphatic carbocycles. The van der Waals surface area contributed by atoms with Crippen molar-refractivity contribution in [1.82, 2.24) is 9.88 Å². The monoisotopic (exact) mass is 447 g/mol. The van der Waals surface area contributed by atoms with Crippen LogP contribution in [0.4, 0.5) is 5.82 Å². The second-order valence-corrected chi connectivity index (χ2v) is 8.95. The molecule has 1 aromatic heterocycles. The van der Waals surface area contributed by atoms with Crippen LogP contribution in [0.5, 0.6) is 11.5 Å². The smallest absolute Gasteiger partial charge is 0.254 e. The van der Waals surface area contributed by atoms with Gasteiger partial charge < -0.3 is 24.0 Å². The summed E-state index contributed by atoms with van der Waals surface area (Å²) in [6.07, 6.45) is 2.06. The minimum absolute atomic E-state index is 0.000916. The Morgan fingerprint density at radius 3 is 2.55 bits per heavy atom. The maximum absolute atomic E-state index is 13.5. The molecule has 7 heteroatoms. The number of amides is 1. The molecular weight excluding hydrogens is 418 g/mol. The Morgan fingerprint density at radius 2 is 1.85 bits per heavy atom. The van der Waals surface area contributed by atoms with E-state index in [1.165, 1.54) is 0 Å². The highest BCUT2D eigenvalue weighted by Crippen LogP contribution is 2.37. The number of aryl methyl sites for hydroxylation is 1. The first-order valence-corrected chi connectivity index (χ1v) is 11.4. The molecule has 3 heterocycles. The molecular formula is C26H29N3O4. The SMILES string of the molecule is Cc1ccc(C(=O)N(Cc2cc3cc4c(cc3nc2N(C)C)OCO4)CC2CCCO2)cc1. The summed E-state index contributed by atoms with van der Waals surface area (Å²) in [5.74, 6) is 2.26. The van der Waals surface area contributed by atoms with E-state index in [1.807, 2.05) is 67.2 Å². The third-order valence-electron chi connectivity index (χ3n) is 6.18. The van der Waals surface area contributed by atoms with Crippen molar-refractivity contribution in [2.75, 3.05) is 38.9 Å². The van der Waals surface area contributed by atoms with Gasteiger partial charge in [-0.15, -0.1) is 0 Å². The maximum Gasteiger partial charge on any atom is 0.254 e. The summed E-state index contributed by atoms with van der Waals surface area (Å²) >= 11 is 0. The average Bonchev–Trinajstić information content (AvgIpc) is 3.48. The predicted octanol–water partition coefficient (Wildman–Crippen LogP) is 4.16. The molecule has 1 saturated heterocycles. The lowest BCUT2D eigenvalue weighted by atomic mass is 10.1. The van der Waals surface area contributed by atoms with Gasteiger partial charge in [-0.05, 0) is 44.0 Å². The van der Waals surface area contributed by atoms with Gasteiger partial charge in [-0.25, -0.2) is 4.98 Å². The maximum atomic E-state index is 13.5. The highest BCUT2D eigenvalue weighted by molar-refractivity contribution is 5.94. The van der Waals surface area contributed by atoms with E-state index in [9.17, 15) is 4.79 Å². The molecule has 2 aromatic carbocycles. The summed E-state index contributed by atoms with van der Waals surface area (Å²) in [5, 5.41) is 0.958. The van der Waals surface area contributed by atoms with E-state index in [4.69, 9.17) is 19.2 Å². The summed E-state index contributed by atoms with van der Waals surface area (Å²) in [6.45, 7) is 3.99. The predicted molar refractivity (Wildman–Crippen MR) is 127 cm³/mol. The first-order chi connectivity index (χ1) is 16.0. The van der Waals surface area contributed by atoms with E-state index in [1.54, 1.807) is 0 Å². The molecule has 0 spiro atoms. The molecule has 3 aromatic rings. The van der Waals surface area contributed by atoms with Gasteiger partial charge in [-0.3, -0.25) is 4.79 Å². The van der Waals surface area contributed by atoms with Crippen LogP contribution in [0, 0.1) is 6.92 Å². The van der Waals surface area contributed by atoms with Gasteiger partial charge in [0.2, 0.25) is 6.79 Å². The van der Waals surface area contributed by atoms with Crippen LogP contribution in [-0.4, -0.2) is 55.9 Å². The summed E-state index contributed by atoms with van der Waals surface area (Å²) in [5.41, 5.74) is 3.62. The third kappa shape index (κ3) is 4.46. The number of carbonyl (C=O) groups is 1. The first kappa shape index (κ1) is 21.5. The fraction of sp³-hybridized carbons (Fsp3) is 0.385. The van der Waals surface area contributed by atoms with Crippen molar-refractivity contribution in [1.29, 1.82) is 0 Å². The van der Waals surface area contributed by atoms with Gasteiger partial charge >= 0.3 is 0 Å². The molecule has 1 atom stereocenters. The molecule has 5 rings (SSSR count). The van der Waals surface area contributed by atoms with E-state index in [0.29, 0.717) is 24.4 Å². The van der Waals surface area contributed by atoms with Crippen LogP contribution in [0.2, 0.25) is 0 Å². The zero-order chi connectivity index (χ0) is 22.9. The van der Waals surface area contributed by atoms with Crippen molar-refractivity contribution in [2.45, 2.75) is 32.4 Å². The lowest BCUT2D eigenvalue weighted by Gasteiger charge is -2.28. The van der Waals surface area contributed by atoms with Gasteiger partial charge in [0.1, 0.15) is 5.82 Å². The van der Waals surface area contributed by atoms with Gasteiger partial charge in [0.25, 0.3) is 5.91 Å². The number of rotatable bonds is 6. The van der Waals surface area contributed by atoms with E-state index < -0.39 is 0 Å². The van der Waals surface area contributed by atoms with Crippen LogP contribution < -0.4 is 14.4 Å². The molecule has 2 aliphatic heterocycles. The lowest BCUT2D eigenvalue weighted by Crippen LogP contribution is -2.37. The van der Waals surface area contributed by atoms with Gasteiger partial charge in [0, 0.05) is 56.4 Å². The summed E-state index contributed by atoms with van der Waals surface area (Å²) in [4.78, 5) is 22.3.